The van der Waals surface area contributed by atoms with E-state index in [1.54, 1.807) is 31.4 Å². The molecule has 2 aromatic carbocycles. The number of ether oxygens (including phenoxy) is 5. The molecule has 0 unspecified atom stereocenters. The molecule has 13 heteroatoms. The molecule has 0 bridgehead atoms. The molecule has 216 valence electrons. The minimum atomic E-state index is -1.99. The van der Waals surface area contributed by atoms with E-state index < -0.39 is 68.5 Å². The van der Waals surface area contributed by atoms with Crippen LogP contribution in [0.4, 0.5) is 0 Å². The average molecular weight is 563 g/mol. The van der Waals surface area contributed by atoms with Crippen molar-refractivity contribution in [2.45, 2.75) is 48.7 Å². The predicted molar refractivity (Wildman–Crippen MR) is 136 cm³/mol. The molecule has 1 aromatic heterocycles. The lowest BCUT2D eigenvalue weighted by Crippen LogP contribution is -2.62. The highest BCUT2D eigenvalue weighted by Crippen LogP contribution is 2.33. The second-order valence-electron chi connectivity index (χ2n) is 9.68. The highest BCUT2D eigenvalue weighted by molar-refractivity contribution is 5.82. The van der Waals surface area contributed by atoms with Crippen molar-refractivity contribution in [3.63, 3.8) is 0 Å². The molecule has 8 atom stereocenters. The van der Waals surface area contributed by atoms with Crippen LogP contribution in [0.3, 0.4) is 0 Å². The van der Waals surface area contributed by atoms with E-state index in [0.717, 1.165) is 0 Å². The fraction of sp³-hybridized carbons (Fsp3) is 0.444. The first-order valence-electron chi connectivity index (χ1n) is 12.5. The van der Waals surface area contributed by atoms with Crippen molar-refractivity contribution in [2.24, 2.45) is 0 Å². The maximum Gasteiger partial charge on any atom is 0.229 e. The Labute approximate surface area is 227 Å². The SMILES string of the molecule is COc1ccc(-c2coc3cc(O[C@@H]4O[C@@H](CO)[C@H](O)[C@H](O)[C@H]4O[C@@H]4OC[C@@](O)(CO)[C@H]4O)ccc3c2=O)cc1. The van der Waals surface area contributed by atoms with Crippen LogP contribution < -0.4 is 14.9 Å². The van der Waals surface area contributed by atoms with Gasteiger partial charge in [0.15, 0.2) is 17.8 Å². The van der Waals surface area contributed by atoms with Crippen LogP contribution in [0.2, 0.25) is 0 Å². The number of hydrogen-bond donors (Lipinski definition) is 6. The Morgan fingerprint density at radius 3 is 2.38 bits per heavy atom. The fourth-order valence-electron chi connectivity index (χ4n) is 4.65. The largest absolute Gasteiger partial charge is 0.497 e. The van der Waals surface area contributed by atoms with E-state index in [4.69, 9.17) is 28.1 Å². The Morgan fingerprint density at radius 1 is 1.00 bits per heavy atom. The van der Waals surface area contributed by atoms with Gasteiger partial charge in [-0.25, -0.2) is 0 Å². The number of fused-ring (bicyclic) bond motifs is 1. The van der Waals surface area contributed by atoms with Gasteiger partial charge in [-0.1, -0.05) is 12.1 Å². The van der Waals surface area contributed by atoms with Gasteiger partial charge >= 0.3 is 0 Å². The molecule has 0 amide bonds. The van der Waals surface area contributed by atoms with E-state index in [1.807, 2.05) is 0 Å². The van der Waals surface area contributed by atoms with Gasteiger partial charge in [-0.3, -0.25) is 4.79 Å². The Balaban J connectivity index is 1.40. The summed E-state index contributed by atoms with van der Waals surface area (Å²) in [6.07, 6.45) is -9.29. The maximum absolute atomic E-state index is 13.2. The Kier molecular flexibility index (Phi) is 8.10. The van der Waals surface area contributed by atoms with Gasteiger partial charge in [-0.15, -0.1) is 0 Å². The first kappa shape index (κ1) is 28.4. The molecular formula is C27H30O13. The summed E-state index contributed by atoms with van der Waals surface area (Å²) in [6.45, 7) is -1.91. The number of benzene rings is 2. The first-order valence-corrected chi connectivity index (χ1v) is 12.5. The third kappa shape index (κ3) is 5.19. The molecule has 13 nitrogen and oxygen atoms in total. The summed E-state index contributed by atoms with van der Waals surface area (Å²) < 4.78 is 33.3. The second-order valence-corrected chi connectivity index (χ2v) is 9.68. The Bertz CT molecular complexity index is 1380. The maximum atomic E-state index is 13.2. The topological polar surface area (TPSA) is 198 Å². The predicted octanol–water partition coefficient (Wildman–Crippen LogP) is -0.888. The highest BCUT2D eigenvalue weighted by atomic mass is 16.8. The number of aliphatic hydroxyl groups excluding tert-OH is 5. The lowest BCUT2D eigenvalue weighted by Gasteiger charge is -2.42. The molecule has 0 spiro atoms. The molecule has 0 aliphatic carbocycles. The van der Waals surface area contributed by atoms with Crippen LogP contribution in [0.15, 0.2) is 57.9 Å². The summed E-state index contributed by atoms with van der Waals surface area (Å²) in [6, 6.07) is 11.3. The number of methoxy groups -OCH3 is 1. The van der Waals surface area contributed by atoms with Crippen LogP contribution in [0.1, 0.15) is 0 Å². The number of hydrogen-bond acceptors (Lipinski definition) is 13. The third-order valence-corrected chi connectivity index (χ3v) is 7.09. The van der Waals surface area contributed by atoms with Crippen molar-refractivity contribution in [1.29, 1.82) is 0 Å². The highest BCUT2D eigenvalue weighted by Gasteiger charge is 2.53. The van der Waals surface area contributed by atoms with E-state index in [0.29, 0.717) is 16.9 Å². The van der Waals surface area contributed by atoms with Crippen molar-refractivity contribution in [2.75, 3.05) is 26.9 Å². The van der Waals surface area contributed by atoms with E-state index in [2.05, 4.69) is 0 Å². The van der Waals surface area contributed by atoms with Crippen LogP contribution >= 0.6 is 0 Å². The molecule has 0 saturated carbocycles. The molecule has 2 fully saturated rings. The van der Waals surface area contributed by atoms with E-state index >= 15 is 0 Å². The van der Waals surface area contributed by atoms with Crippen molar-refractivity contribution in [3.05, 3.63) is 59.0 Å². The van der Waals surface area contributed by atoms with E-state index in [-0.39, 0.29) is 22.1 Å². The van der Waals surface area contributed by atoms with E-state index in [1.165, 1.54) is 24.5 Å². The van der Waals surface area contributed by atoms with Gasteiger partial charge in [0, 0.05) is 6.07 Å². The molecule has 40 heavy (non-hydrogen) atoms. The van der Waals surface area contributed by atoms with Crippen molar-refractivity contribution in [3.8, 4) is 22.6 Å². The zero-order valence-electron chi connectivity index (χ0n) is 21.3. The van der Waals surface area contributed by atoms with Gasteiger partial charge in [0.2, 0.25) is 6.29 Å². The third-order valence-electron chi connectivity index (χ3n) is 7.09. The monoisotopic (exact) mass is 562 g/mol. The van der Waals surface area contributed by atoms with Crippen LogP contribution in [-0.4, -0.2) is 106 Å². The van der Waals surface area contributed by atoms with Gasteiger partial charge in [0.25, 0.3) is 0 Å². The van der Waals surface area contributed by atoms with Gasteiger partial charge in [-0.05, 0) is 29.8 Å². The smallest absolute Gasteiger partial charge is 0.229 e. The second kappa shape index (κ2) is 11.4. The normalized spacial score (nSPS) is 32.3. The molecule has 2 aliphatic rings. The fourth-order valence-corrected chi connectivity index (χ4v) is 4.65. The minimum Gasteiger partial charge on any atom is -0.497 e. The summed E-state index contributed by atoms with van der Waals surface area (Å²) in [5.41, 5.74) is -1.10. The zero-order chi connectivity index (χ0) is 28.6. The van der Waals surface area contributed by atoms with Crippen LogP contribution in [0.25, 0.3) is 22.1 Å². The summed E-state index contributed by atoms with van der Waals surface area (Å²) in [4.78, 5) is 13.2. The Morgan fingerprint density at radius 2 is 1.73 bits per heavy atom. The quantitative estimate of drug-likeness (QED) is 0.198. The van der Waals surface area contributed by atoms with Crippen molar-refractivity contribution in [1.82, 2.24) is 0 Å². The van der Waals surface area contributed by atoms with Crippen molar-refractivity contribution < 1.29 is 58.7 Å². The average Bonchev–Trinajstić information content (AvgIpc) is 3.26. The van der Waals surface area contributed by atoms with Crippen LogP contribution in [0.5, 0.6) is 11.5 Å². The van der Waals surface area contributed by atoms with E-state index in [9.17, 15) is 35.4 Å². The molecule has 3 heterocycles. The molecule has 6 N–H and O–H groups in total. The van der Waals surface area contributed by atoms with Crippen LogP contribution in [-0.2, 0) is 14.2 Å². The molecular weight excluding hydrogens is 532 g/mol. The van der Waals surface area contributed by atoms with Gasteiger partial charge in [-0.2, -0.15) is 0 Å². The van der Waals surface area contributed by atoms with Crippen LogP contribution in [0, 0.1) is 0 Å². The molecule has 3 aromatic rings. The van der Waals surface area contributed by atoms with Gasteiger partial charge in [0.05, 0.1) is 37.9 Å². The van der Waals surface area contributed by atoms with Gasteiger partial charge < -0.3 is 58.7 Å². The molecule has 2 aliphatic heterocycles. The lowest BCUT2D eigenvalue weighted by atomic mass is 9.98. The summed E-state index contributed by atoms with van der Waals surface area (Å²) >= 11 is 0. The lowest BCUT2D eigenvalue weighted by molar-refractivity contribution is -0.318. The van der Waals surface area contributed by atoms with Gasteiger partial charge in [0.1, 0.15) is 53.4 Å². The standard InChI is InChI=1S/C27H30O13/c1-35-14-4-2-13(3-5-14)17-10-36-18-8-15(6-7-16(18)20(17)30)38-25-23(22(32)21(31)19(9-28)39-25)40-26-24(33)27(34,11-29)12-37-26/h2-8,10,19,21-26,28-29,31-34H,9,11-12H2,1H3/t19-,21-,22-,23+,24-,25+,26-,27-/m0/s1. The summed E-state index contributed by atoms with van der Waals surface area (Å²) in [5.74, 6) is 0.772. The summed E-state index contributed by atoms with van der Waals surface area (Å²) in [5, 5.41) is 61.0. The number of rotatable bonds is 8. The minimum absolute atomic E-state index is 0.131. The van der Waals surface area contributed by atoms with Crippen molar-refractivity contribution >= 4 is 11.0 Å². The number of aliphatic hydroxyl groups is 6. The molecule has 5 rings (SSSR count). The summed E-state index contributed by atoms with van der Waals surface area (Å²) in [7, 11) is 1.54. The molecule has 2 saturated heterocycles. The molecule has 0 radical (unpaired) electrons. The zero-order valence-corrected chi connectivity index (χ0v) is 21.3. The first-order chi connectivity index (χ1) is 19.2. The Hall–Kier alpha value is -3.11.